The largest absolute Gasteiger partial charge is 0.443 e. The zero-order valence-corrected chi connectivity index (χ0v) is 20.3. The Morgan fingerprint density at radius 3 is 2.66 bits per heavy atom. The first kappa shape index (κ1) is 23.0. The van der Waals surface area contributed by atoms with E-state index >= 15 is 0 Å². The van der Waals surface area contributed by atoms with Crippen LogP contribution in [0.25, 0.3) is 22.2 Å². The summed E-state index contributed by atoms with van der Waals surface area (Å²) in [6.45, 7) is 7.79. The summed E-state index contributed by atoms with van der Waals surface area (Å²) in [6, 6.07) is 9.76. The van der Waals surface area contributed by atoms with Crippen molar-refractivity contribution in [3.05, 3.63) is 60.2 Å². The number of aromatic nitrogens is 5. The number of aliphatic hydroxyl groups excluding tert-OH is 1. The maximum absolute atomic E-state index is 12.9. The Hall–Kier alpha value is -3.72. The molecule has 5 rings (SSSR count). The fourth-order valence-corrected chi connectivity index (χ4v) is 4.45. The van der Waals surface area contributed by atoms with E-state index in [4.69, 9.17) is 4.74 Å². The quantitative estimate of drug-likeness (QED) is 0.462. The number of benzene rings is 1. The Balaban J connectivity index is 1.40. The van der Waals surface area contributed by atoms with Gasteiger partial charge >= 0.3 is 6.09 Å². The first-order valence-corrected chi connectivity index (χ1v) is 11.9. The molecule has 35 heavy (non-hydrogen) atoms. The van der Waals surface area contributed by atoms with Crippen molar-refractivity contribution in [2.75, 3.05) is 18.0 Å². The van der Waals surface area contributed by atoms with Gasteiger partial charge in [0.25, 0.3) is 0 Å². The third-order valence-electron chi connectivity index (χ3n) is 6.06. The molecule has 4 heterocycles. The summed E-state index contributed by atoms with van der Waals surface area (Å²) < 4.78 is 8.77. The van der Waals surface area contributed by atoms with E-state index in [2.05, 4.69) is 26.3 Å². The molecule has 9 nitrogen and oxygen atoms in total. The fourth-order valence-electron chi connectivity index (χ4n) is 4.45. The van der Waals surface area contributed by atoms with Crippen LogP contribution in [0.2, 0.25) is 0 Å². The van der Waals surface area contributed by atoms with Gasteiger partial charge in [0.1, 0.15) is 11.3 Å². The van der Waals surface area contributed by atoms with Gasteiger partial charge in [0.05, 0.1) is 42.4 Å². The summed E-state index contributed by atoms with van der Waals surface area (Å²) in [5, 5.41) is 19.3. The molecule has 0 aliphatic carbocycles. The SMILES string of the molecule is CC(C)(C)OC(=O)n1c(CO)cc2ccc(Cn3cc(-c4cncc(N5CCCC5)c4)nn3)cc21. The topological polar surface area (TPSA) is 98.3 Å². The van der Waals surface area contributed by atoms with Gasteiger partial charge in [-0.3, -0.25) is 4.98 Å². The highest BCUT2D eigenvalue weighted by atomic mass is 16.6. The van der Waals surface area contributed by atoms with E-state index < -0.39 is 11.7 Å². The van der Waals surface area contributed by atoms with E-state index in [0.29, 0.717) is 17.8 Å². The van der Waals surface area contributed by atoms with E-state index in [1.807, 2.05) is 57.6 Å². The normalized spacial score (nSPS) is 14.1. The molecular weight excluding hydrogens is 444 g/mol. The first-order chi connectivity index (χ1) is 16.8. The fraction of sp³-hybridized carbons (Fsp3) is 0.385. The molecule has 0 unspecified atom stereocenters. The summed E-state index contributed by atoms with van der Waals surface area (Å²) in [5.74, 6) is 0. The van der Waals surface area contributed by atoms with Crippen LogP contribution < -0.4 is 4.90 Å². The monoisotopic (exact) mass is 474 g/mol. The molecule has 9 heteroatoms. The number of nitrogens with zero attached hydrogens (tertiary/aromatic N) is 6. The van der Waals surface area contributed by atoms with Crippen molar-refractivity contribution in [1.82, 2.24) is 24.5 Å². The Morgan fingerprint density at radius 2 is 1.91 bits per heavy atom. The summed E-state index contributed by atoms with van der Waals surface area (Å²) in [5.41, 5.74) is 4.29. The highest BCUT2D eigenvalue weighted by molar-refractivity contribution is 5.91. The predicted octanol–water partition coefficient (Wildman–Crippen LogP) is 4.22. The Labute approximate surface area is 203 Å². The highest BCUT2D eigenvalue weighted by Gasteiger charge is 2.22. The van der Waals surface area contributed by atoms with Gasteiger partial charge in [0, 0.05) is 30.2 Å². The van der Waals surface area contributed by atoms with Gasteiger partial charge in [-0.2, -0.15) is 0 Å². The molecule has 0 atom stereocenters. The molecule has 0 bridgehead atoms. The maximum Gasteiger partial charge on any atom is 0.419 e. The van der Waals surface area contributed by atoms with Gasteiger partial charge in [0.15, 0.2) is 0 Å². The number of aliphatic hydroxyl groups is 1. The lowest BCUT2D eigenvalue weighted by atomic mass is 10.1. The molecule has 182 valence electrons. The first-order valence-electron chi connectivity index (χ1n) is 11.9. The van der Waals surface area contributed by atoms with Crippen LogP contribution in [0, 0.1) is 0 Å². The summed E-state index contributed by atoms with van der Waals surface area (Å²) in [7, 11) is 0. The number of fused-ring (bicyclic) bond motifs is 1. The molecule has 1 saturated heterocycles. The molecule has 0 radical (unpaired) electrons. The summed E-state index contributed by atoms with van der Waals surface area (Å²) >= 11 is 0. The van der Waals surface area contributed by atoms with E-state index in [0.717, 1.165) is 41.0 Å². The number of carbonyl (C=O) groups is 1. The summed E-state index contributed by atoms with van der Waals surface area (Å²) in [4.78, 5) is 19.6. The molecule has 3 aromatic heterocycles. The zero-order chi connectivity index (χ0) is 24.6. The van der Waals surface area contributed by atoms with Crippen molar-refractivity contribution in [3.63, 3.8) is 0 Å². The maximum atomic E-state index is 12.9. The highest BCUT2D eigenvalue weighted by Crippen LogP contribution is 2.26. The van der Waals surface area contributed by atoms with Gasteiger partial charge in [-0.05, 0) is 57.4 Å². The molecule has 1 N–H and O–H groups in total. The number of pyridine rings is 1. The average molecular weight is 475 g/mol. The van der Waals surface area contributed by atoms with Gasteiger partial charge in [-0.1, -0.05) is 17.3 Å². The number of carbonyl (C=O) groups excluding carboxylic acids is 1. The molecule has 0 spiro atoms. The molecule has 1 aliphatic heterocycles. The van der Waals surface area contributed by atoms with Crippen LogP contribution in [0.4, 0.5) is 10.5 Å². The number of hydrogen-bond acceptors (Lipinski definition) is 7. The van der Waals surface area contributed by atoms with Crippen molar-refractivity contribution >= 4 is 22.7 Å². The number of hydrogen-bond donors (Lipinski definition) is 1. The van der Waals surface area contributed by atoms with E-state index in [1.54, 1.807) is 10.7 Å². The van der Waals surface area contributed by atoms with E-state index in [1.165, 1.54) is 17.4 Å². The van der Waals surface area contributed by atoms with Crippen molar-refractivity contribution in [1.29, 1.82) is 0 Å². The minimum Gasteiger partial charge on any atom is -0.443 e. The van der Waals surface area contributed by atoms with Gasteiger partial charge in [-0.25, -0.2) is 14.0 Å². The van der Waals surface area contributed by atoms with Gasteiger partial charge in [0.2, 0.25) is 0 Å². The third kappa shape index (κ3) is 4.90. The smallest absolute Gasteiger partial charge is 0.419 e. The Bertz CT molecular complexity index is 1360. The molecule has 1 aliphatic rings. The molecule has 0 saturated carbocycles. The predicted molar refractivity (Wildman–Crippen MR) is 133 cm³/mol. The molecule has 4 aromatic rings. The average Bonchev–Trinajstić information content (AvgIpc) is 3.57. The standard InChI is InChI=1S/C26H30N6O3/c1-26(2,3)35-25(34)32-22(17-33)11-19-7-6-18(10-24(19)32)15-31-16-23(28-29-31)20-12-21(14-27-13-20)30-8-4-5-9-30/h6-7,10-14,16,33H,4-5,8-9,15,17H2,1-3H3. The van der Waals surface area contributed by atoms with Crippen molar-refractivity contribution in [3.8, 4) is 11.3 Å². The zero-order valence-electron chi connectivity index (χ0n) is 20.3. The van der Waals surface area contributed by atoms with Crippen LogP contribution in [0.1, 0.15) is 44.9 Å². The third-order valence-corrected chi connectivity index (χ3v) is 6.06. The van der Waals surface area contributed by atoms with Gasteiger partial charge in [-0.15, -0.1) is 5.10 Å². The van der Waals surface area contributed by atoms with Crippen LogP contribution >= 0.6 is 0 Å². The van der Waals surface area contributed by atoms with E-state index in [9.17, 15) is 9.90 Å². The number of ether oxygens (including phenoxy) is 1. The van der Waals surface area contributed by atoms with Crippen LogP contribution in [0.15, 0.2) is 48.9 Å². The summed E-state index contributed by atoms with van der Waals surface area (Å²) in [6.07, 6.45) is 7.52. The van der Waals surface area contributed by atoms with Gasteiger partial charge < -0.3 is 14.7 Å². The Morgan fingerprint density at radius 1 is 1.11 bits per heavy atom. The minimum absolute atomic E-state index is 0.264. The second kappa shape index (κ2) is 9.14. The van der Waals surface area contributed by atoms with Crippen molar-refractivity contribution in [2.45, 2.75) is 52.4 Å². The molecule has 1 fully saturated rings. The van der Waals surface area contributed by atoms with E-state index in [-0.39, 0.29) is 6.61 Å². The van der Waals surface area contributed by atoms with Crippen molar-refractivity contribution < 1.29 is 14.6 Å². The van der Waals surface area contributed by atoms with Crippen LogP contribution in [0.5, 0.6) is 0 Å². The lowest BCUT2D eigenvalue weighted by molar-refractivity contribution is 0.0533. The number of rotatable bonds is 5. The lowest BCUT2D eigenvalue weighted by Gasteiger charge is -2.20. The number of anilines is 1. The van der Waals surface area contributed by atoms with Crippen molar-refractivity contribution in [2.24, 2.45) is 0 Å². The molecule has 0 amide bonds. The second-order valence-corrected chi connectivity index (χ2v) is 9.93. The van der Waals surface area contributed by atoms with Crippen LogP contribution in [0.3, 0.4) is 0 Å². The Kier molecular flexibility index (Phi) is 6.02. The minimum atomic E-state index is -0.643. The van der Waals surface area contributed by atoms with Crippen LogP contribution in [-0.4, -0.2) is 54.4 Å². The lowest BCUT2D eigenvalue weighted by Crippen LogP contribution is -2.28. The second-order valence-electron chi connectivity index (χ2n) is 9.93. The molecular formula is C26H30N6O3. The molecule has 1 aromatic carbocycles. The van der Waals surface area contributed by atoms with Crippen LogP contribution in [-0.2, 0) is 17.9 Å².